The molecule has 0 amide bonds. The van der Waals surface area contributed by atoms with Crippen LogP contribution >= 0.6 is 24.0 Å². The predicted octanol–water partition coefficient (Wildman–Crippen LogP) is 2.95. The monoisotopic (exact) mass is 245 g/mol. The lowest BCUT2D eigenvalue weighted by Gasteiger charge is -2.30. The molecule has 0 radical (unpaired) electrons. The highest BCUT2D eigenvalue weighted by Crippen LogP contribution is 2.30. The van der Waals surface area contributed by atoms with E-state index in [4.69, 9.17) is 0 Å². The molecule has 15 heavy (non-hydrogen) atoms. The Hall–Kier alpha value is -0.220. The van der Waals surface area contributed by atoms with Gasteiger partial charge in [-0.1, -0.05) is 25.2 Å². The van der Waals surface area contributed by atoms with Crippen LogP contribution in [0.3, 0.4) is 0 Å². The second-order valence-electron chi connectivity index (χ2n) is 4.09. The summed E-state index contributed by atoms with van der Waals surface area (Å²) in [5, 5.41) is 1.93. The van der Waals surface area contributed by atoms with E-state index in [9.17, 15) is 4.79 Å². The zero-order valence-corrected chi connectivity index (χ0v) is 11.3. The summed E-state index contributed by atoms with van der Waals surface area (Å²) in [5.74, 6) is 0.835. The lowest BCUT2D eigenvalue weighted by atomic mass is 9.84. The minimum absolute atomic E-state index is 0.153. The number of rotatable bonds is 5. The molecule has 1 heterocycles. The second-order valence-corrected chi connectivity index (χ2v) is 5.23. The van der Waals surface area contributed by atoms with Crippen molar-refractivity contribution in [2.45, 2.75) is 40.2 Å². The van der Waals surface area contributed by atoms with Crippen molar-refractivity contribution >= 4 is 24.0 Å². The Bertz CT molecular complexity index is 355. The van der Waals surface area contributed by atoms with Crippen LogP contribution in [0, 0.1) is 12.3 Å². The minimum atomic E-state index is 0.153. The SMILES string of the molecule is CCC(CC)(CS)Cn1c(C)csc1=O. The molecule has 86 valence electrons. The summed E-state index contributed by atoms with van der Waals surface area (Å²) in [7, 11) is 0. The first-order chi connectivity index (χ1) is 7.08. The Kier molecular flexibility index (Phi) is 4.46. The summed E-state index contributed by atoms with van der Waals surface area (Å²) >= 11 is 5.71. The number of thiazole rings is 1. The van der Waals surface area contributed by atoms with Crippen LogP contribution in [-0.4, -0.2) is 10.3 Å². The highest BCUT2D eigenvalue weighted by atomic mass is 32.1. The average Bonchev–Trinajstić information content (AvgIpc) is 2.57. The van der Waals surface area contributed by atoms with Gasteiger partial charge in [-0.3, -0.25) is 4.79 Å². The first-order valence-electron chi connectivity index (χ1n) is 5.34. The van der Waals surface area contributed by atoms with E-state index in [1.165, 1.54) is 11.3 Å². The van der Waals surface area contributed by atoms with E-state index in [0.29, 0.717) is 0 Å². The van der Waals surface area contributed by atoms with Gasteiger partial charge in [0.2, 0.25) is 0 Å². The first kappa shape index (κ1) is 12.8. The van der Waals surface area contributed by atoms with E-state index in [1.54, 1.807) is 0 Å². The lowest BCUT2D eigenvalue weighted by molar-refractivity contribution is 0.254. The number of nitrogens with zero attached hydrogens (tertiary/aromatic N) is 1. The Morgan fingerprint density at radius 2 is 2.07 bits per heavy atom. The topological polar surface area (TPSA) is 22.0 Å². The zero-order chi connectivity index (χ0) is 11.5. The van der Waals surface area contributed by atoms with E-state index < -0.39 is 0 Å². The van der Waals surface area contributed by atoms with Crippen molar-refractivity contribution in [2.24, 2.45) is 5.41 Å². The Labute approximate surface area is 101 Å². The van der Waals surface area contributed by atoms with Crippen LogP contribution in [0.4, 0.5) is 0 Å². The molecule has 1 aromatic rings. The molecule has 0 atom stereocenters. The molecule has 0 unspecified atom stereocenters. The van der Waals surface area contributed by atoms with Gasteiger partial charge in [0.25, 0.3) is 0 Å². The summed E-state index contributed by atoms with van der Waals surface area (Å²) < 4.78 is 1.88. The highest BCUT2D eigenvalue weighted by molar-refractivity contribution is 7.80. The molecule has 2 nitrogen and oxygen atoms in total. The van der Waals surface area contributed by atoms with Gasteiger partial charge in [0.05, 0.1) is 0 Å². The smallest absolute Gasteiger partial charge is 0.303 e. The standard InChI is InChI=1S/C11H19NOS2/c1-4-11(5-2,8-14)7-12-9(3)6-15-10(12)13/h6,14H,4-5,7-8H2,1-3H3. The van der Waals surface area contributed by atoms with E-state index in [1.807, 2.05) is 16.9 Å². The quantitative estimate of drug-likeness (QED) is 0.792. The van der Waals surface area contributed by atoms with Crippen LogP contribution in [0.15, 0.2) is 10.2 Å². The number of hydrogen-bond acceptors (Lipinski definition) is 3. The minimum Gasteiger partial charge on any atom is -0.303 e. The molecule has 4 heteroatoms. The van der Waals surface area contributed by atoms with Gasteiger partial charge < -0.3 is 4.57 Å². The summed E-state index contributed by atoms with van der Waals surface area (Å²) in [6.07, 6.45) is 2.13. The third-order valence-electron chi connectivity index (χ3n) is 3.31. The van der Waals surface area contributed by atoms with Crippen LogP contribution in [0.2, 0.25) is 0 Å². The fraction of sp³-hybridized carbons (Fsp3) is 0.727. The molecule has 0 N–H and O–H groups in total. The van der Waals surface area contributed by atoms with E-state index in [2.05, 4.69) is 26.5 Å². The van der Waals surface area contributed by atoms with Crippen molar-refractivity contribution in [3.05, 3.63) is 20.7 Å². The fourth-order valence-electron chi connectivity index (χ4n) is 1.68. The van der Waals surface area contributed by atoms with Crippen molar-refractivity contribution in [3.8, 4) is 0 Å². The van der Waals surface area contributed by atoms with E-state index >= 15 is 0 Å². The van der Waals surface area contributed by atoms with Crippen LogP contribution in [0.25, 0.3) is 0 Å². The van der Waals surface area contributed by atoms with Gasteiger partial charge in [-0.2, -0.15) is 12.6 Å². The maximum atomic E-state index is 11.6. The fourth-order valence-corrected chi connectivity index (χ4v) is 2.96. The Morgan fingerprint density at radius 3 is 2.40 bits per heavy atom. The molecular formula is C11H19NOS2. The maximum Gasteiger partial charge on any atom is 0.307 e. The average molecular weight is 245 g/mol. The highest BCUT2D eigenvalue weighted by Gasteiger charge is 2.26. The molecule has 1 aromatic heterocycles. The predicted molar refractivity (Wildman–Crippen MR) is 70.2 cm³/mol. The first-order valence-corrected chi connectivity index (χ1v) is 6.85. The number of aromatic nitrogens is 1. The molecule has 0 aromatic carbocycles. The van der Waals surface area contributed by atoms with E-state index in [-0.39, 0.29) is 10.3 Å². The van der Waals surface area contributed by atoms with Crippen molar-refractivity contribution in [1.29, 1.82) is 0 Å². The lowest BCUT2D eigenvalue weighted by Crippen LogP contribution is -2.31. The molecule has 0 aliphatic rings. The van der Waals surface area contributed by atoms with Crippen LogP contribution in [0.1, 0.15) is 32.4 Å². The van der Waals surface area contributed by atoms with Gasteiger partial charge in [-0.05, 0) is 30.9 Å². The molecule has 0 saturated carbocycles. The third-order valence-corrected chi connectivity index (χ3v) is 4.86. The van der Waals surface area contributed by atoms with Crippen molar-refractivity contribution in [2.75, 3.05) is 5.75 Å². The van der Waals surface area contributed by atoms with Gasteiger partial charge in [0, 0.05) is 17.6 Å². The van der Waals surface area contributed by atoms with Gasteiger partial charge in [-0.25, -0.2) is 0 Å². The van der Waals surface area contributed by atoms with Gasteiger partial charge in [0.1, 0.15) is 0 Å². The Balaban J connectivity index is 2.97. The summed E-state index contributed by atoms with van der Waals surface area (Å²) in [6, 6.07) is 0. The molecule has 1 rings (SSSR count). The normalized spacial score (nSPS) is 12.0. The molecular weight excluding hydrogens is 226 g/mol. The molecule has 0 bridgehead atoms. The Morgan fingerprint density at radius 1 is 1.47 bits per heavy atom. The van der Waals surface area contributed by atoms with Crippen molar-refractivity contribution in [3.63, 3.8) is 0 Å². The largest absolute Gasteiger partial charge is 0.307 e. The zero-order valence-electron chi connectivity index (χ0n) is 9.62. The van der Waals surface area contributed by atoms with Gasteiger partial charge in [0.15, 0.2) is 0 Å². The summed E-state index contributed by atoms with van der Waals surface area (Å²) in [6.45, 7) is 7.14. The molecule has 0 aliphatic heterocycles. The van der Waals surface area contributed by atoms with Crippen LogP contribution in [0.5, 0.6) is 0 Å². The summed E-state index contributed by atoms with van der Waals surface area (Å²) in [4.78, 5) is 11.8. The van der Waals surface area contributed by atoms with Crippen LogP contribution in [-0.2, 0) is 6.54 Å². The maximum absolute atomic E-state index is 11.6. The van der Waals surface area contributed by atoms with Gasteiger partial charge in [-0.15, -0.1) is 0 Å². The molecule has 0 aliphatic carbocycles. The van der Waals surface area contributed by atoms with E-state index in [0.717, 1.165) is 30.8 Å². The van der Waals surface area contributed by atoms with Crippen molar-refractivity contribution in [1.82, 2.24) is 4.57 Å². The molecule has 0 fully saturated rings. The number of thiol groups is 1. The molecule has 0 saturated heterocycles. The number of aryl methyl sites for hydroxylation is 1. The second kappa shape index (κ2) is 5.21. The van der Waals surface area contributed by atoms with Gasteiger partial charge >= 0.3 is 4.87 Å². The summed E-state index contributed by atoms with van der Waals surface area (Å²) in [5.41, 5.74) is 1.23. The molecule has 0 spiro atoms. The number of hydrogen-bond donors (Lipinski definition) is 1. The van der Waals surface area contributed by atoms with Crippen molar-refractivity contribution < 1.29 is 0 Å². The third kappa shape index (κ3) is 2.67. The van der Waals surface area contributed by atoms with Crippen LogP contribution < -0.4 is 4.87 Å².